The van der Waals surface area contributed by atoms with Crippen molar-refractivity contribution in [1.29, 1.82) is 0 Å². The molecule has 1 unspecified atom stereocenters. The first kappa shape index (κ1) is 11.4. The van der Waals surface area contributed by atoms with Gasteiger partial charge in [0.15, 0.2) is 0 Å². The number of aromatic nitrogens is 3. The van der Waals surface area contributed by atoms with Gasteiger partial charge in [0.1, 0.15) is 0 Å². The van der Waals surface area contributed by atoms with Crippen LogP contribution in [0.2, 0.25) is 0 Å². The van der Waals surface area contributed by atoms with Gasteiger partial charge in [-0.25, -0.2) is 0 Å². The number of nitrogens with zero attached hydrogens (tertiary/aromatic N) is 3. The van der Waals surface area contributed by atoms with Crippen LogP contribution in [-0.2, 0) is 4.79 Å². The monoisotopic (exact) mass is 241 g/mol. The topological polar surface area (TPSA) is 79.8 Å². The molecule has 0 bridgehead atoms. The molecule has 1 fully saturated rings. The molecule has 1 aromatic heterocycles. The highest BCUT2D eigenvalue weighted by Crippen LogP contribution is 2.35. The Bertz CT molecular complexity index is 358. The van der Waals surface area contributed by atoms with E-state index in [9.17, 15) is 4.79 Å². The van der Waals surface area contributed by atoms with Crippen molar-refractivity contribution in [2.75, 3.05) is 18.4 Å². The largest absolute Gasteiger partial charge is 0.316 e. The van der Waals surface area contributed by atoms with Gasteiger partial charge in [0, 0.05) is 18.1 Å². The fourth-order valence-electron chi connectivity index (χ4n) is 2.06. The van der Waals surface area contributed by atoms with Gasteiger partial charge in [0.25, 0.3) is 0 Å². The second-order valence-electron chi connectivity index (χ2n) is 4.36. The quantitative estimate of drug-likeness (QED) is 0.806. The van der Waals surface area contributed by atoms with Gasteiger partial charge in [-0.15, -0.1) is 0 Å². The van der Waals surface area contributed by atoms with Crippen molar-refractivity contribution in [2.45, 2.75) is 20.3 Å². The van der Waals surface area contributed by atoms with Crippen LogP contribution in [0.3, 0.4) is 0 Å². The second kappa shape index (κ2) is 4.42. The molecule has 0 radical (unpaired) electrons. The normalized spacial score (nSPS) is 24.9. The van der Waals surface area contributed by atoms with Crippen LogP contribution in [0.5, 0.6) is 0 Å². The molecule has 0 aromatic carbocycles. The summed E-state index contributed by atoms with van der Waals surface area (Å²) < 4.78 is 3.62. The van der Waals surface area contributed by atoms with Crippen molar-refractivity contribution in [3.8, 4) is 0 Å². The molecular weight excluding hydrogens is 226 g/mol. The molecule has 0 spiro atoms. The van der Waals surface area contributed by atoms with Gasteiger partial charge >= 0.3 is 0 Å². The first-order valence-electron chi connectivity index (χ1n) is 5.32. The maximum atomic E-state index is 12.2. The van der Waals surface area contributed by atoms with Crippen molar-refractivity contribution in [2.24, 2.45) is 11.3 Å². The maximum Gasteiger partial charge on any atom is 0.234 e. The Labute approximate surface area is 98.0 Å². The number of anilines is 1. The van der Waals surface area contributed by atoms with Crippen LogP contribution in [-0.4, -0.2) is 33.8 Å². The molecule has 6 nitrogen and oxygen atoms in total. The number of hydrogen-bond acceptors (Lipinski definition) is 6. The number of hydrogen-bond donors (Lipinski definition) is 2. The summed E-state index contributed by atoms with van der Waals surface area (Å²) in [5, 5.41) is 13.7. The molecule has 1 amide bonds. The molecule has 2 rings (SSSR count). The van der Waals surface area contributed by atoms with Crippen molar-refractivity contribution in [3.05, 3.63) is 0 Å². The Kier molecular flexibility index (Phi) is 3.15. The minimum atomic E-state index is -0.328. The van der Waals surface area contributed by atoms with Gasteiger partial charge in [-0.1, -0.05) is 23.4 Å². The van der Waals surface area contributed by atoms with E-state index < -0.39 is 0 Å². The molecule has 88 valence electrons. The lowest BCUT2D eigenvalue weighted by Gasteiger charge is -2.30. The molecule has 7 heteroatoms. The average Bonchev–Trinajstić information content (AvgIpc) is 2.87. The van der Waals surface area contributed by atoms with E-state index in [2.05, 4.69) is 39.3 Å². The van der Waals surface area contributed by atoms with Crippen LogP contribution in [0.25, 0.3) is 0 Å². The molecule has 0 saturated carbocycles. The second-order valence-corrected chi connectivity index (χ2v) is 5.09. The molecule has 2 N–H and O–H groups in total. The van der Waals surface area contributed by atoms with Gasteiger partial charge in [0.05, 0.1) is 5.41 Å². The highest BCUT2D eigenvalue weighted by atomic mass is 32.1. The lowest BCUT2D eigenvalue weighted by Crippen LogP contribution is -2.42. The SMILES string of the molecule is CC(C)C1(C(=O)Nc2nnns2)CCNC1. The van der Waals surface area contributed by atoms with Crippen LogP contribution in [0.1, 0.15) is 20.3 Å². The number of carbonyl (C=O) groups is 1. The van der Waals surface area contributed by atoms with Gasteiger partial charge in [-0.2, -0.15) is 0 Å². The van der Waals surface area contributed by atoms with E-state index >= 15 is 0 Å². The minimum absolute atomic E-state index is 0.0195. The van der Waals surface area contributed by atoms with E-state index in [1.165, 1.54) is 0 Å². The fraction of sp³-hybridized carbons (Fsp3) is 0.778. The zero-order chi connectivity index (χ0) is 11.6. The molecule has 2 heterocycles. The molecule has 1 saturated heterocycles. The van der Waals surface area contributed by atoms with Crippen LogP contribution < -0.4 is 10.6 Å². The fourth-order valence-corrected chi connectivity index (χ4v) is 2.43. The first-order valence-corrected chi connectivity index (χ1v) is 6.10. The molecule has 1 aromatic rings. The van der Waals surface area contributed by atoms with Crippen molar-refractivity contribution < 1.29 is 4.79 Å². The van der Waals surface area contributed by atoms with Crippen molar-refractivity contribution >= 4 is 22.6 Å². The van der Waals surface area contributed by atoms with Gasteiger partial charge in [-0.3, -0.25) is 10.1 Å². The summed E-state index contributed by atoms with van der Waals surface area (Å²) in [7, 11) is 0. The van der Waals surface area contributed by atoms with Gasteiger partial charge < -0.3 is 5.32 Å². The van der Waals surface area contributed by atoms with Gasteiger partial charge in [0.2, 0.25) is 11.0 Å². The zero-order valence-corrected chi connectivity index (χ0v) is 10.2. The van der Waals surface area contributed by atoms with E-state index in [-0.39, 0.29) is 11.3 Å². The average molecular weight is 241 g/mol. The molecule has 1 aliphatic rings. The molecule has 1 atom stereocenters. The van der Waals surface area contributed by atoms with Crippen molar-refractivity contribution in [1.82, 2.24) is 20.1 Å². The third-order valence-electron chi connectivity index (χ3n) is 3.27. The van der Waals surface area contributed by atoms with E-state index in [1.54, 1.807) is 0 Å². The zero-order valence-electron chi connectivity index (χ0n) is 9.36. The maximum absolute atomic E-state index is 12.2. The Hall–Kier alpha value is -1.08. The summed E-state index contributed by atoms with van der Waals surface area (Å²) in [6.07, 6.45) is 0.864. The number of amides is 1. The summed E-state index contributed by atoms with van der Waals surface area (Å²) in [6, 6.07) is 0. The Morgan fingerprint density at radius 1 is 1.62 bits per heavy atom. The number of carbonyl (C=O) groups excluding carboxylic acids is 1. The summed E-state index contributed by atoms with van der Waals surface area (Å²) in [4.78, 5) is 12.2. The number of rotatable bonds is 3. The lowest BCUT2D eigenvalue weighted by molar-refractivity contribution is -0.126. The van der Waals surface area contributed by atoms with E-state index in [0.29, 0.717) is 11.0 Å². The van der Waals surface area contributed by atoms with Crippen molar-refractivity contribution in [3.63, 3.8) is 0 Å². The third-order valence-corrected chi connectivity index (χ3v) is 3.78. The van der Waals surface area contributed by atoms with Gasteiger partial charge in [-0.05, 0) is 24.1 Å². The van der Waals surface area contributed by atoms with Crippen LogP contribution in [0, 0.1) is 11.3 Å². The highest BCUT2D eigenvalue weighted by molar-refractivity contribution is 7.09. The lowest BCUT2D eigenvalue weighted by atomic mass is 9.75. The predicted octanol–water partition coefficient (Wildman–Crippen LogP) is 0.507. The molecule has 1 aliphatic heterocycles. The van der Waals surface area contributed by atoms with Crippen LogP contribution in [0.15, 0.2) is 0 Å². The Balaban J connectivity index is 2.12. The first-order chi connectivity index (χ1) is 7.65. The van der Waals surface area contributed by atoms with Crippen LogP contribution in [0.4, 0.5) is 5.13 Å². The molecule has 0 aliphatic carbocycles. The van der Waals surface area contributed by atoms with E-state index in [4.69, 9.17) is 0 Å². The summed E-state index contributed by atoms with van der Waals surface area (Å²) in [5.41, 5.74) is -0.328. The number of nitrogens with one attached hydrogen (secondary N) is 2. The summed E-state index contributed by atoms with van der Waals surface area (Å²) >= 11 is 1.10. The van der Waals surface area contributed by atoms with E-state index in [1.807, 2.05) is 0 Å². The standard InChI is InChI=1S/C9H15N5OS/c1-6(2)9(3-4-10-5-9)7(15)11-8-12-13-14-16-8/h6,10H,3-5H2,1-2H3,(H,11,12,14,15). The third kappa shape index (κ3) is 1.92. The summed E-state index contributed by atoms with van der Waals surface area (Å²) in [5.74, 6) is 0.314. The highest BCUT2D eigenvalue weighted by Gasteiger charge is 2.44. The molecular formula is C9H15N5OS. The summed E-state index contributed by atoms with van der Waals surface area (Å²) in [6.45, 7) is 5.76. The van der Waals surface area contributed by atoms with E-state index in [0.717, 1.165) is 31.0 Å². The minimum Gasteiger partial charge on any atom is -0.316 e. The smallest absolute Gasteiger partial charge is 0.234 e. The molecule has 16 heavy (non-hydrogen) atoms. The van der Waals surface area contributed by atoms with Crippen LogP contribution >= 0.6 is 11.5 Å². The Morgan fingerprint density at radius 2 is 2.44 bits per heavy atom. The Morgan fingerprint density at radius 3 is 2.94 bits per heavy atom. The predicted molar refractivity (Wildman–Crippen MR) is 61.1 cm³/mol.